The number of benzene rings is 1. The van der Waals surface area contributed by atoms with Crippen molar-refractivity contribution in [3.05, 3.63) is 29.1 Å². The summed E-state index contributed by atoms with van der Waals surface area (Å²) in [5.74, 6) is -11.5. The maximum absolute atomic E-state index is 13.1. The van der Waals surface area contributed by atoms with Gasteiger partial charge in [0.2, 0.25) is 29.1 Å². The van der Waals surface area contributed by atoms with Crippen LogP contribution in [0, 0.1) is 35.0 Å². The van der Waals surface area contributed by atoms with Crippen LogP contribution >= 0.6 is 15.9 Å². The largest absolute Gasteiger partial charge is 0.487 e. The Labute approximate surface area is 103 Å². The minimum absolute atomic E-state index is 0.134. The number of alkyl halides is 1. The quantitative estimate of drug-likeness (QED) is 0.355. The summed E-state index contributed by atoms with van der Waals surface area (Å²) in [6.45, 7) is 1.52. The van der Waals surface area contributed by atoms with Crippen LogP contribution in [-0.2, 0) is 0 Å². The molecule has 0 heterocycles. The Balaban J connectivity index is 3.07. The van der Waals surface area contributed by atoms with Gasteiger partial charge < -0.3 is 4.74 Å². The molecule has 7 heteroatoms. The molecule has 0 N–H and O–H groups in total. The highest BCUT2D eigenvalue weighted by Gasteiger charge is 2.27. The molecule has 0 radical (unpaired) electrons. The van der Waals surface area contributed by atoms with Gasteiger partial charge in [-0.2, -0.15) is 8.78 Å². The number of ether oxygens (including phenoxy) is 1. The molecule has 1 aromatic carbocycles. The summed E-state index contributed by atoms with van der Waals surface area (Å²) in [4.78, 5) is 0. The lowest BCUT2D eigenvalue weighted by molar-refractivity contribution is 0.235. The van der Waals surface area contributed by atoms with Gasteiger partial charge in [0.25, 0.3) is 0 Å². The monoisotopic (exact) mass is 318 g/mol. The average molecular weight is 319 g/mol. The maximum Gasteiger partial charge on any atom is 0.206 e. The van der Waals surface area contributed by atoms with E-state index < -0.39 is 34.8 Å². The molecule has 1 nitrogen and oxygen atoms in total. The van der Waals surface area contributed by atoms with Gasteiger partial charge in [-0.15, -0.1) is 0 Å². The van der Waals surface area contributed by atoms with Crippen LogP contribution in [-0.4, -0.2) is 11.9 Å². The van der Waals surface area contributed by atoms with E-state index in [0.717, 1.165) is 0 Å². The van der Waals surface area contributed by atoms with Crippen LogP contribution in [0.3, 0.4) is 0 Å². The van der Waals surface area contributed by atoms with Crippen molar-refractivity contribution in [1.29, 1.82) is 0 Å². The van der Waals surface area contributed by atoms with Gasteiger partial charge in [-0.05, 0) is 5.92 Å². The average Bonchev–Trinajstić information content (AvgIpc) is 2.33. The Morgan fingerprint density at radius 2 is 1.35 bits per heavy atom. The maximum atomic E-state index is 13.1. The highest BCUT2D eigenvalue weighted by molar-refractivity contribution is 9.09. The zero-order valence-electron chi connectivity index (χ0n) is 8.67. The van der Waals surface area contributed by atoms with Gasteiger partial charge in [-0.1, -0.05) is 22.9 Å². The fraction of sp³-hybridized carbons (Fsp3) is 0.400. The predicted octanol–water partition coefficient (Wildman–Crippen LogP) is 3.79. The first-order chi connectivity index (χ1) is 7.90. The zero-order valence-corrected chi connectivity index (χ0v) is 10.3. The molecule has 0 spiro atoms. The molecule has 0 saturated heterocycles. The highest BCUT2D eigenvalue weighted by Crippen LogP contribution is 2.29. The fourth-order valence-corrected chi connectivity index (χ4v) is 1.17. The van der Waals surface area contributed by atoms with Crippen LogP contribution in [0.2, 0.25) is 0 Å². The van der Waals surface area contributed by atoms with Gasteiger partial charge in [-0.3, -0.25) is 0 Å². The second-order valence-corrected chi connectivity index (χ2v) is 4.12. The van der Waals surface area contributed by atoms with Crippen LogP contribution in [0.5, 0.6) is 5.75 Å². The second-order valence-electron chi connectivity index (χ2n) is 3.47. The molecule has 0 fully saturated rings. The zero-order chi connectivity index (χ0) is 13.2. The smallest absolute Gasteiger partial charge is 0.206 e. The van der Waals surface area contributed by atoms with Crippen LogP contribution in [0.1, 0.15) is 6.92 Å². The molecule has 1 aromatic rings. The van der Waals surface area contributed by atoms with Crippen LogP contribution < -0.4 is 4.74 Å². The summed E-state index contributed by atoms with van der Waals surface area (Å²) in [5, 5.41) is 0.475. The number of rotatable bonds is 4. The normalized spacial score (nSPS) is 12.6. The Bertz CT molecular complexity index is 395. The molecule has 96 valence electrons. The molecule has 0 amide bonds. The number of halogens is 6. The van der Waals surface area contributed by atoms with Crippen molar-refractivity contribution >= 4 is 15.9 Å². The van der Waals surface area contributed by atoms with Crippen molar-refractivity contribution in [2.75, 3.05) is 11.9 Å². The lowest BCUT2D eigenvalue weighted by Crippen LogP contribution is -2.13. The van der Waals surface area contributed by atoms with E-state index in [9.17, 15) is 22.0 Å². The van der Waals surface area contributed by atoms with E-state index in [1.807, 2.05) is 0 Å². The molecule has 0 aliphatic heterocycles. The number of hydrogen-bond donors (Lipinski definition) is 0. The molecule has 0 aliphatic carbocycles. The Morgan fingerprint density at radius 1 is 0.941 bits per heavy atom. The molecule has 0 aliphatic rings. The molecular weight excluding hydrogens is 311 g/mol. The molecule has 1 atom stereocenters. The third-order valence-corrected chi connectivity index (χ3v) is 3.05. The second kappa shape index (κ2) is 5.66. The molecular formula is C10H8BrF5O. The molecule has 0 aromatic heterocycles. The van der Waals surface area contributed by atoms with Crippen molar-refractivity contribution in [3.63, 3.8) is 0 Å². The van der Waals surface area contributed by atoms with Gasteiger partial charge in [-0.25, -0.2) is 13.2 Å². The third kappa shape index (κ3) is 2.88. The van der Waals surface area contributed by atoms with E-state index in [4.69, 9.17) is 0 Å². The summed E-state index contributed by atoms with van der Waals surface area (Å²) < 4.78 is 69.0. The Hall–Kier alpha value is -0.850. The summed E-state index contributed by atoms with van der Waals surface area (Å²) in [6, 6.07) is 0. The van der Waals surface area contributed by atoms with E-state index in [0.29, 0.717) is 5.33 Å². The van der Waals surface area contributed by atoms with Crippen molar-refractivity contribution < 1.29 is 26.7 Å². The minimum Gasteiger partial charge on any atom is -0.487 e. The van der Waals surface area contributed by atoms with E-state index in [1.54, 1.807) is 6.92 Å². The fourth-order valence-electron chi connectivity index (χ4n) is 0.982. The Kier molecular flexibility index (Phi) is 4.73. The van der Waals surface area contributed by atoms with Gasteiger partial charge >= 0.3 is 0 Å². The van der Waals surface area contributed by atoms with E-state index in [1.165, 1.54) is 0 Å². The molecule has 17 heavy (non-hydrogen) atoms. The highest BCUT2D eigenvalue weighted by atomic mass is 79.9. The standard InChI is InChI=1S/C10H8BrF5O/c1-4(2-11)3-17-10-8(15)6(13)5(12)7(14)9(10)16/h4H,2-3H2,1H3. The summed E-state index contributed by atoms with van der Waals surface area (Å²) in [6.07, 6.45) is 0. The molecule has 1 rings (SSSR count). The summed E-state index contributed by atoms with van der Waals surface area (Å²) in [5.41, 5.74) is 0. The third-order valence-electron chi connectivity index (χ3n) is 1.95. The first-order valence-electron chi connectivity index (χ1n) is 4.60. The van der Waals surface area contributed by atoms with Crippen LogP contribution in [0.15, 0.2) is 0 Å². The van der Waals surface area contributed by atoms with Gasteiger partial charge in [0, 0.05) is 5.33 Å². The van der Waals surface area contributed by atoms with E-state index in [2.05, 4.69) is 20.7 Å². The van der Waals surface area contributed by atoms with Crippen molar-refractivity contribution in [2.24, 2.45) is 5.92 Å². The number of hydrogen-bond acceptors (Lipinski definition) is 1. The predicted molar refractivity (Wildman–Crippen MR) is 54.7 cm³/mol. The lowest BCUT2D eigenvalue weighted by Gasteiger charge is -2.12. The van der Waals surface area contributed by atoms with Crippen molar-refractivity contribution in [1.82, 2.24) is 0 Å². The lowest BCUT2D eigenvalue weighted by atomic mass is 10.2. The van der Waals surface area contributed by atoms with Crippen LogP contribution in [0.25, 0.3) is 0 Å². The van der Waals surface area contributed by atoms with Gasteiger partial charge in [0.15, 0.2) is 5.75 Å². The summed E-state index contributed by atoms with van der Waals surface area (Å²) in [7, 11) is 0. The van der Waals surface area contributed by atoms with Gasteiger partial charge in [0.1, 0.15) is 0 Å². The van der Waals surface area contributed by atoms with Crippen molar-refractivity contribution in [3.8, 4) is 5.75 Å². The van der Waals surface area contributed by atoms with Crippen molar-refractivity contribution in [2.45, 2.75) is 6.92 Å². The van der Waals surface area contributed by atoms with E-state index >= 15 is 0 Å². The molecule has 1 unspecified atom stereocenters. The van der Waals surface area contributed by atoms with E-state index in [-0.39, 0.29) is 12.5 Å². The topological polar surface area (TPSA) is 9.23 Å². The SMILES string of the molecule is CC(CBr)COc1c(F)c(F)c(F)c(F)c1F. The van der Waals surface area contributed by atoms with Gasteiger partial charge in [0.05, 0.1) is 6.61 Å². The van der Waals surface area contributed by atoms with Crippen LogP contribution in [0.4, 0.5) is 22.0 Å². The first kappa shape index (κ1) is 14.2. The first-order valence-corrected chi connectivity index (χ1v) is 5.72. The minimum atomic E-state index is -2.19. The molecule has 0 saturated carbocycles. The Morgan fingerprint density at radius 3 is 1.76 bits per heavy atom. The molecule has 0 bridgehead atoms. The summed E-state index contributed by atoms with van der Waals surface area (Å²) >= 11 is 3.09.